The summed E-state index contributed by atoms with van der Waals surface area (Å²) in [7, 11) is 0. The number of ether oxygens (including phenoxy) is 3. The lowest BCUT2D eigenvalue weighted by Gasteiger charge is -2.57. The minimum absolute atomic E-state index is 0.957. The first-order valence-corrected chi connectivity index (χ1v) is 3.70. The highest BCUT2D eigenvalue weighted by Gasteiger charge is 3.01. The van der Waals surface area contributed by atoms with Crippen molar-refractivity contribution in [2.75, 3.05) is 13.6 Å². The van der Waals surface area contributed by atoms with Crippen molar-refractivity contribution < 1.29 is 40.6 Å². The van der Waals surface area contributed by atoms with Gasteiger partial charge in [0.05, 0.1) is 0 Å². The second-order valence-electron chi connectivity index (χ2n) is 3.07. The molecule has 1 heterocycles. The van der Waals surface area contributed by atoms with E-state index in [-0.39, 0.29) is 0 Å². The zero-order valence-corrected chi connectivity index (χ0v) is 6.91. The Kier molecular flexibility index (Phi) is 1.89. The van der Waals surface area contributed by atoms with Crippen LogP contribution in [0.5, 0.6) is 0 Å². The molecule has 1 aliphatic heterocycles. The Morgan fingerprint density at radius 2 is 1.07 bits per heavy atom. The van der Waals surface area contributed by atoms with Gasteiger partial charge >= 0.3 is 23.6 Å². The van der Waals surface area contributed by atoms with E-state index in [4.69, 9.17) is 0 Å². The van der Waals surface area contributed by atoms with Crippen LogP contribution in [0.2, 0.25) is 0 Å². The Morgan fingerprint density at radius 1 is 0.667 bits per heavy atom. The topological polar surface area (TPSA) is 27.7 Å². The van der Waals surface area contributed by atoms with E-state index < -0.39 is 37.1 Å². The van der Waals surface area contributed by atoms with Crippen LogP contribution in [0.4, 0.5) is 26.3 Å². The molecule has 0 bridgehead atoms. The summed E-state index contributed by atoms with van der Waals surface area (Å²) in [6.45, 7) is -1.91. The van der Waals surface area contributed by atoms with Gasteiger partial charge in [-0.2, -0.15) is 26.3 Å². The van der Waals surface area contributed by atoms with Gasteiger partial charge in [-0.3, -0.25) is 0 Å². The van der Waals surface area contributed by atoms with E-state index in [1.807, 2.05) is 0 Å². The first-order valence-electron chi connectivity index (χ1n) is 3.70. The molecule has 9 heteroatoms. The van der Waals surface area contributed by atoms with Gasteiger partial charge in [-0.25, -0.2) is 0 Å². The molecule has 0 aromatic carbocycles. The molecule has 15 heavy (non-hydrogen) atoms. The molecule has 0 aromatic rings. The molecule has 1 saturated heterocycles. The average Bonchev–Trinajstić information content (AvgIpc) is 2.17. The molecular weight excluding hydrogens is 234 g/mol. The Bertz CT molecular complexity index is 265. The average molecular weight is 238 g/mol. The quantitative estimate of drug-likeness (QED) is 0.599. The second-order valence-corrected chi connectivity index (χ2v) is 3.07. The molecular formula is C6H4F6O3. The molecule has 2 aliphatic rings. The second kappa shape index (κ2) is 2.58. The van der Waals surface area contributed by atoms with E-state index in [0.29, 0.717) is 0 Å². The van der Waals surface area contributed by atoms with Crippen LogP contribution in [0, 0.1) is 0 Å². The highest BCUT2D eigenvalue weighted by atomic mass is 19.4. The molecule has 3 nitrogen and oxygen atoms in total. The van der Waals surface area contributed by atoms with Crippen molar-refractivity contribution in [2.24, 2.45) is 0 Å². The zero-order chi connectivity index (χ0) is 11.5. The van der Waals surface area contributed by atoms with Gasteiger partial charge < -0.3 is 14.2 Å². The molecule has 2 fully saturated rings. The van der Waals surface area contributed by atoms with E-state index in [1.165, 1.54) is 0 Å². The minimum Gasteiger partial charge on any atom is -0.329 e. The molecule has 0 atom stereocenters. The monoisotopic (exact) mass is 238 g/mol. The van der Waals surface area contributed by atoms with E-state index in [1.54, 1.807) is 0 Å². The minimum atomic E-state index is -5.49. The predicted molar refractivity (Wildman–Crippen MR) is 30.6 cm³/mol. The van der Waals surface area contributed by atoms with Crippen molar-refractivity contribution in [1.29, 1.82) is 0 Å². The SMILES string of the molecule is FC1(F)C(F)(F)C2(OCOCO2)C1(F)F. The fourth-order valence-electron chi connectivity index (χ4n) is 1.43. The molecule has 0 radical (unpaired) electrons. The third-order valence-electron chi connectivity index (χ3n) is 2.31. The number of hydrogen-bond acceptors (Lipinski definition) is 3. The summed E-state index contributed by atoms with van der Waals surface area (Å²) in [6, 6.07) is 0. The van der Waals surface area contributed by atoms with Crippen molar-refractivity contribution in [3.8, 4) is 0 Å². The molecule has 0 N–H and O–H groups in total. The molecule has 0 aromatic heterocycles. The summed E-state index contributed by atoms with van der Waals surface area (Å²) in [4.78, 5) is 0. The maximum Gasteiger partial charge on any atom is 0.383 e. The Labute approximate surface area is 78.9 Å². The van der Waals surface area contributed by atoms with E-state index >= 15 is 0 Å². The van der Waals surface area contributed by atoms with Crippen LogP contribution in [0.1, 0.15) is 0 Å². The highest BCUT2D eigenvalue weighted by molar-refractivity contribution is 5.24. The predicted octanol–water partition coefficient (Wildman–Crippen LogP) is 1.58. The number of alkyl halides is 6. The van der Waals surface area contributed by atoms with Crippen molar-refractivity contribution in [3.05, 3.63) is 0 Å². The van der Waals surface area contributed by atoms with Gasteiger partial charge in [0, 0.05) is 0 Å². The molecule has 2 rings (SSSR count). The number of halogens is 6. The van der Waals surface area contributed by atoms with Crippen molar-refractivity contribution in [1.82, 2.24) is 0 Å². The smallest absolute Gasteiger partial charge is 0.329 e. The van der Waals surface area contributed by atoms with Crippen LogP contribution in [0.3, 0.4) is 0 Å². The maximum absolute atomic E-state index is 12.8. The van der Waals surface area contributed by atoms with Gasteiger partial charge in [0.1, 0.15) is 0 Å². The summed E-state index contributed by atoms with van der Waals surface area (Å²) in [5, 5.41) is 0. The Balaban J connectivity index is 2.41. The summed E-state index contributed by atoms with van der Waals surface area (Å²) in [6.07, 6.45) is 0. The van der Waals surface area contributed by atoms with Gasteiger partial charge in [-0.1, -0.05) is 0 Å². The van der Waals surface area contributed by atoms with E-state index in [2.05, 4.69) is 14.2 Å². The van der Waals surface area contributed by atoms with E-state index in [9.17, 15) is 26.3 Å². The Morgan fingerprint density at radius 3 is 1.47 bits per heavy atom. The molecule has 1 spiro atoms. The standard InChI is InChI=1S/C6H4F6O3/c7-3(8)4(9,10)6(5(3,11)12)14-1-13-2-15-6/h1-2H2. The van der Waals surface area contributed by atoms with Crippen LogP contribution in [0.15, 0.2) is 0 Å². The highest BCUT2D eigenvalue weighted by Crippen LogP contribution is 2.69. The molecule has 1 saturated carbocycles. The van der Waals surface area contributed by atoms with Crippen molar-refractivity contribution in [3.63, 3.8) is 0 Å². The first-order chi connectivity index (χ1) is 6.71. The van der Waals surface area contributed by atoms with Gasteiger partial charge in [-0.15, -0.1) is 0 Å². The fraction of sp³-hybridized carbons (Fsp3) is 1.00. The summed E-state index contributed by atoms with van der Waals surface area (Å²) in [5.41, 5.74) is 0. The fourth-order valence-corrected chi connectivity index (χ4v) is 1.43. The molecule has 88 valence electrons. The summed E-state index contributed by atoms with van der Waals surface area (Å²) >= 11 is 0. The van der Waals surface area contributed by atoms with Crippen LogP contribution in [-0.4, -0.2) is 37.1 Å². The largest absolute Gasteiger partial charge is 0.383 e. The lowest BCUT2D eigenvalue weighted by atomic mass is 9.76. The molecule has 0 unspecified atom stereocenters. The van der Waals surface area contributed by atoms with E-state index in [0.717, 1.165) is 0 Å². The summed E-state index contributed by atoms with van der Waals surface area (Å²) < 4.78 is 88.0. The zero-order valence-electron chi connectivity index (χ0n) is 6.91. The number of hydrogen-bond donors (Lipinski definition) is 0. The lowest BCUT2D eigenvalue weighted by Crippen LogP contribution is -2.88. The Hall–Kier alpha value is -0.540. The normalized spacial score (nSPS) is 34.8. The van der Waals surface area contributed by atoms with Gasteiger partial charge in [0.15, 0.2) is 13.6 Å². The number of rotatable bonds is 0. The van der Waals surface area contributed by atoms with Gasteiger partial charge in [0.25, 0.3) is 0 Å². The first kappa shape index (κ1) is 11.0. The van der Waals surface area contributed by atoms with Crippen LogP contribution < -0.4 is 0 Å². The van der Waals surface area contributed by atoms with Crippen LogP contribution in [-0.2, 0) is 14.2 Å². The van der Waals surface area contributed by atoms with Crippen LogP contribution in [0.25, 0.3) is 0 Å². The molecule has 1 aliphatic carbocycles. The van der Waals surface area contributed by atoms with Crippen molar-refractivity contribution in [2.45, 2.75) is 23.6 Å². The third-order valence-corrected chi connectivity index (χ3v) is 2.31. The van der Waals surface area contributed by atoms with Gasteiger partial charge in [0.2, 0.25) is 0 Å². The van der Waals surface area contributed by atoms with Gasteiger partial charge in [-0.05, 0) is 0 Å². The lowest BCUT2D eigenvalue weighted by molar-refractivity contribution is -0.586. The van der Waals surface area contributed by atoms with Crippen LogP contribution >= 0.6 is 0 Å². The summed E-state index contributed by atoms with van der Waals surface area (Å²) in [5.74, 6) is -19.6. The molecule has 0 amide bonds. The van der Waals surface area contributed by atoms with Crippen molar-refractivity contribution >= 4 is 0 Å². The maximum atomic E-state index is 12.8. The third kappa shape index (κ3) is 0.855.